The minimum atomic E-state index is -0.941. The molecular formula is C17H17BrO4. The van der Waals surface area contributed by atoms with Crippen LogP contribution < -0.4 is 9.47 Å². The summed E-state index contributed by atoms with van der Waals surface area (Å²) < 4.78 is 11.7. The minimum Gasteiger partial charge on any atom is -0.495 e. The standard InChI is InChI=1S/C17H17BrO4/c1-4-10(17(19)20)9-13-14(18)16(22-3)12-8-6-5-7-11(12)15(13)21-2/h5-9H,4H2,1-3H3,(H,19,20)/b10-9+. The Kier molecular flexibility index (Phi) is 5.08. The molecule has 0 bridgehead atoms. The highest BCUT2D eigenvalue weighted by molar-refractivity contribution is 9.10. The van der Waals surface area contributed by atoms with Gasteiger partial charge in [-0.25, -0.2) is 4.79 Å². The molecule has 5 heteroatoms. The number of aliphatic carboxylic acids is 1. The monoisotopic (exact) mass is 364 g/mol. The van der Waals surface area contributed by atoms with Gasteiger partial charge in [0.2, 0.25) is 0 Å². The van der Waals surface area contributed by atoms with Crippen molar-refractivity contribution < 1.29 is 19.4 Å². The lowest BCUT2D eigenvalue weighted by Gasteiger charge is -2.16. The van der Waals surface area contributed by atoms with Gasteiger partial charge < -0.3 is 14.6 Å². The topological polar surface area (TPSA) is 55.8 Å². The summed E-state index contributed by atoms with van der Waals surface area (Å²) in [5.41, 5.74) is 0.966. The summed E-state index contributed by atoms with van der Waals surface area (Å²) in [5, 5.41) is 11.0. The smallest absolute Gasteiger partial charge is 0.331 e. The molecule has 0 atom stereocenters. The molecule has 0 heterocycles. The lowest BCUT2D eigenvalue weighted by molar-refractivity contribution is -0.132. The Bertz CT molecular complexity index is 750. The third kappa shape index (κ3) is 2.81. The van der Waals surface area contributed by atoms with Crippen molar-refractivity contribution in [2.24, 2.45) is 0 Å². The maximum absolute atomic E-state index is 11.3. The van der Waals surface area contributed by atoms with E-state index < -0.39 is 5.97 Å². The van der Waals surface area contributed by atoms with Gasteiger partial charge in [-0.2, -0.15) is 0 Å². The first-order valence-corrected chi connectivity index (χ1v) is 7.60. The fourth-order valence-corrected chi connectivity index (χ4v) is 3.07. The zero-order valence-corrected chi connectivity index (χ0v) is 14.2. The summed E-state index contributed by atoms with van der Waals surface area (Å²) in [6.45, 7) is 1.80. The Labute approximate surface area is 137 Å². The highest BCUT2D eigenvalue weighted by atomic mass is 79.9. The Morgan fingerprint density at radius 2 is 1.73 bits per heavy atom. The number of halogens is 1. The third-order valence-electron chi connectivity index (χ3n) is 3.48. The van der Waals surface area contributed by atoms with E-state index in [0.29, 0.717) is 33.5 Å². The van der Waals surface area contributed by atoms with Gasteiger partial charge in [0, 0.05) is 21.9 Å². The molecule has 0 aliphatic carbocycles. The van der Waals surface area contributed by atoms with E-state index in [-0.39, 0.29) is 0 Å². The second-order valence-electron chi connectivity index (χ2n) is 4.67. The number of hydrogen-bond donors (Lipinski definition) is 1. The van der Waals surface area contributed by atoms with Gasteiger partial charge in [0.1, 0.15) is 11.5 Å². The zero-order chi connectivity index (χ0) is 16.3. The fraction of sp³-hybridized carbons (Fsp3) is 0.235. The van der Waals surface area contributed by atoms with Crippen molar-refractivity contribution in [1.29, 1.82) is 0 Å². The van der Waals surface area contributed by atoms with Gasteiger partial charge in [-0.05, 0) is 28.4 Å². The third-order valence-corrected chi connectivity index (χ3v) is 4.27. The van der Waals surface area contributed by atoms with Crippen LogP contribution in [0.15, 0.2) is 34.3 Å². The second kappa shape index (κ2) is 6.83. The van der Waals surface area contributed by atoms with Crippen molar-refractivity contribution in [2.45, 2.75) is 13.3 Å². The lowest BCUT2D eigenvalue weighted by atomic mass is 10.0. The van der Waals surface area contributed by atoms with Crippen molar-refractivity contribution in [1.82, 2.24) is 0 Å². The van der Waals surface area contributed by atoms with Gasteiger partial charge in [0.05, 0.1) is 18.7 Å². The number of carbonyl (C=O) groups is 1. The molecule has 0 fully saturated rings. The molecule has 2 rings (SSSR count). The Balaban J connectivity index is 2.89. The van der Waals surface area contributed by atoms with E-state index in [1.54, 1.807) is 27.2 Å². The molecule has 116 valence electrons. The maximum Gasteiger partial charge on any atom is 0.331 e. The summed E-state index contributed by atoms with van der Waals surface area (Å²) in [5.74, 6) is 0.336. The summed E-state index contributed by atoms with van der Waals surface area (Å²) in [6.07, 6.45) is 2.04. The van der Waals surface area contributed by atoms with Crippen LogP contribution in [0.1, 0.15) is 18.9 Å². The number of methoxy groups -OCH3 is 2. The van der Waals surface area contributed by atoms with Gasteiger partial charge in [0.25, 0.3) is 0 Å². The average Bonchev–Trinajstić information content (AvgIpc) is 2.52. The Morgan fingerprint density at radius 1 is 1.18 bits per heavy atom. The number of carboxylic acids is 1. The quantitative estimate of drug-likeness (QED) is 0.793. The fourth-order valence-electron chi connectivity index (χ4n) is 2.40. The molecule has 22 heavy (non-hydrogen) atoms. The van der Waals surface area contributed by atoms with Crippen LogP contribution in [0.5, 0.6) is 11.5 Å². The second-order valence-corrected chi connectivity index (χ2v) is 5.46. The number of carboxylic acid groups (broad SMARTS) is 1. The SMILES string of the molecule is CC/C(=C\c1c(Br)c(OC)c2ccccc2c1OC)C(=O)O. The first-order chi connectivity index (χ1) is 10.5. The van der Waals surface area contributed by atoms with Gasteiger partial charge in [-0.15, -0.1) is 0 Å². The van der Waals surface area contributed by atoms with Crippen molar-refractivity contribution in [2.75, 3.05) is 14.2 Å². The molecule has 2 aromatic rings. The molecular weight excluding hydrogens is 348 g/mol. The molecule has 1 N–H and O–H groups in total. The first-order valence-electron chi connectivity index (χ1n) is 6.81. The normalized spacial score (nSPS) is 11.5. The summed E-state index contributed by atoms with van der Waals surface area (Å²) >= 11 is 3.52. The molecule has 0 spiro atoms. The van der Waals surface area contributed by atoms with Crippen LogP contribution in [0.25, 0.3) is 16.8 Å². The van der Waals surface area contributed by atoms with E-state index >= 15 is 0 Å². The predicted octanol–water partition coefficient (Wildman–Crippen LogP) is 4.50. The van der Waals surface area contributed by atoms with Crippen LogP contribution in [0.2, 0.25) is 0 Å². The average molecular weight is 365 g/mol. The highest BCUT2D eigenvalue weighted by Gasteiger charge is 2.19. The van der Waals surface area contributed by atoms with Crippen molar-refractivity contribution in [3.63, 3.8) is 0 Å². The Morgan fingerprint density at radius 3 is 2.18 bits per heavy atom. The van der Waals surface area contributed by atoms with Crippen LogP contribution in [0, 0.1) is 0 Å². The zero-order valence-electron chi connectivity index (χ0n) is 12.6. The number of fused-ring (bicyclic) bond motifs is 1. The van der Waals surface area contributed by atoms with E-state index in [1.165, 1.54) is 0 Å². The number of benzene rings is 2. The summed E-state index contributed by atoms with van der Waals surface area (Å²) in [6, 6.07) is 7.68. The van der Waals surface area contributed by atoms with Gasteiger partial charge in [-0.1, -0.05) is 31.2 Å². The lowest BCUT2D eigenvalue weighted by Crippen LogP contribution is -2.01. The van der Waals surface area contributed by atoms with Crippen LogP contribution in [-0.2, 0) is 4.79 Å². The van der Waals surface area contributed by atoms with E-state index in [1.807, 2.05) is 24.3 Å². The van der Waals surface area contributed by atoms with E-state index in [4.69, 9.17) is 9.47 Å². The molecule has 0 saturated heterocycles. The minimum absolute atomic E-state index is 0.302. The summed E-state index contributed by atoms with van der Waals surface area (Å²) in [7, 11) is 3.16. The Hall–Kier alpha value is -2.01. The molecule has 2 aromatic carbocycles. The predicted molar refractivity (Wildman–Crippen MR) is 90.7 cm³/mol. The van der Waals surface area contributed by atoms with Crippen molar-refractivity contribution in [3.8, 4) is 11.5 Å². The number of ether oxygens (including phenoxy) is 2. The molecule has 0 saturated carbocycles. The van der Waals surface area contributed by atoms with E-state index in [9.17, 15) is 9.90 Å². The van der Waals surface area contributed by atoms with Gasteiger partial charge in [-0.3, -0.25) is 0 Å². The van der Waals surface area contributed by atoms with Crippen LogP contribution in [0.3, 0.4) is 0 Å². The summed E-state index contributed by atoms with van der Waals surface area (Å²) in [4.78, 5) is 11.3. The molecule has 0 radical (unpaired) electrons. The molecule has 0 unspecified atom stereocenters. The van der Waals surface area contributed by atoms with E-state index in [0.717, 1.165) is 10.8 Å². The first kappa shape index (κ1) is 16.4. The largest absolute Gasteiger partial charge is 0.495 e. The molecule has 0 aromatic heterocycles. The van der Waals surface area contributed by atoms with Crippen LogP contribution in [-0.4, -0.2) is 25.3 Å². The molecule has 0 aliphatic heterocycles. The van der Waals surface area contributed by atoms with Crippen molar-refractivity contribution in [3.05, 3.63) is 39.9 Å². The van der Waals surface area contributed by atoms with Crippen LogP contribution >= 0.6 is 15.9 Å². The van der Waals surface area contributed by atoms with Crippen molar-refractivity contribution >= 4 is 38.7 Å². The van der Waals surface area contributed by atoms with Gasteiger partial charge >= 0.3 is 5.97 Å². The van der Waals surface area contributed by atoms with Gasteiger partial charge in [0.15, 0.2) is 0 Å². The van der Waals surface area contributed by atoms with E-state index in [2.05, 4.69) is 15.9 Å². The number of hydrogen-bond acceptors (Lipinski definition) is 3. The molecule has 4 nitrogen and oxygen atoms in total. The highest BCUT2D eigenvalue weighted by Crippen LogP contribution is 2.44. The molecule has 0 amide bonds. The molecule has 0 aliphatic rings. The number of rotatable bonds is 5. The maximum atomic E-state index is 11.3. The van der Waals surface area contributed by atoms with Crippen LogP contribution in [0.4, 0.5) is 0 Å².